The van der Waals surface area contributed by atoms with Gasteiger partial charge >= 0.3 is 0 Å². The predicted molar refractivity (Wildman–Crippen MR) is 357 cm³/mol. The Morgan fingerprint density at radius 2 is 0.886 bits per heavy atom. The van der Waals surface area contributed by atoms with Crippen LogP contribution >= 0.6 is 0 Å². The molecular weight excluding hydrogens is 1130 g/mol. The molecule has 3 N–H and O–H groups in total. The number of hydrogen-bond acceptors (Lipinski definition) is 9. The van der Waals surface area contributed by atoms with Crippen molar-refractivity contribution in [2.45, 2.75) is 284 Å². The summed E-state index contributed by atoms with van der Waals surface area (Å²) in [6.45, 7) is 32.7. The minimum atomic E-state index is -3.68. The molecule has 0 saturated heterocycles. The van der Waals surface area contributed by atoms with Gasteiger partial charge in [0.05, 0.1) is 30.8 Å². The Morgan fingerprint density at radius 1 is 0.534 bits per heavy atom. The summed E-state index contributed by atoms with van der Waals surface area (Å²) in [6, 6.07) is 13.9. The van der Waals surface area contributed by atoms with Gasteiger partial charge in [0.15, 0.2) is 19.7 Å². The van der Waals surface area contributed by atoms with E-state index in [0.29, 0.717) is 54.8 Å². The van der Waals surface area contributed by atoms with E-state index in [-0.39, 0.29) is 114 Å². The first kappa shape index (κ1) is 64.3. The molecule has 0 bridgehead atoms. The number of aliphatic hydroxyl groups is 3. The third-order valence-electron chi connectivity index (χ3n) is 26.9. The number of carbonyl (C=O) groups excluding carboxylic acids is 2. The summed E-state index contributed by atoms with van der Waals surface area (Å²) in [4.78, 5) is 26.2. The van der Waals surface area contributed by atoms with Gasteiger partial charge in [0, 0.05) is 15.6 Å². The normalized spacial score (nSPS) is 42.7. The molecule has 0 aliphatic heterocycles. The first-order chi connectivity index (χ1) is 42.5. The fourth-order valence-corrected chi connectivity index (χ4v) is 24.4. The predicted octanol–water partition coefficient (Wildman–Crippen LogP) is 16.8. The van der Waals surface area contributed by atoms with Crippen LogP contribution in [0.4, 0.5) is 0 Å². The van der Waals surface area contributed by atoms with Crippen molar-refractivity contribution in [3.8, 4) is 0 Å². The molecule has 2 aromatic rings. The van der Waals surface area contributed by atoms with Gasteiger partial charge in [-0.15, -0.1) is 0 Å². The molecule has 11 heteroatoms. The summed E-state index contributed by atoms with van der Waals surface area (Å²) in [5.41, 5.74) is 2.00. The average molecular weight is 1260 g/mol. The van der Waals surface area contributed by atoms with Crippen molar-refractivity contribution in [1.82, 2.24) is 0 Å². The van der Waals surface area contributed by atoms with Crippen molar-refractivity contribution in [1.29, 1.82) is 0 Å². The smallest absolute Gasteiger partial charge is 0.185 e. The molecule has 8 unspecified atom stereocenters. The molecule has 496 valence electrons. The van der Waals surface area contributed by atoms with E-state index < -0.39 is 68.2 Å². The number of hydrogen-bond donors (Lipinski definition) is 3. The molecule has 0 heterocycles. The van der Waals surface area contributed by atoms with Crippen LogP contribution in [0.3, 0.4) is 0 Å². The Morgan fingerprint density at radius 3 is 1.26 bits per heavy atom. The summed E-state index contributed by atoms with van der Waals surface area (Å²) in [5.74, 6) is 1.01. The Balaban J connectivity index is 0.000000217. The zero-order chi connectivity index (χ0) is 68.1. The van der Waals surface area contributed by atoms with Gasteiger partial charge in [0.25, 0.3) is 0 Å². The van der Waals surface area contributed by atoms with E-state index in [0.717, 1.165) is 101 Å². The minimum Gasteiger partial charge on any atom is -0.393 e. The lowest BCUT2D eigenvalue weighted by atomic mass is 9.41. The van der Waals surface area contributed by atoms with Crippen LogP contribution < -0.4 is 0 Å². The molecule has 88 heavy (non-hydrogen) atoms. The molecule has 0 aromatic heterocycles. The minimum absolute atomic E-state index is 0.0165. The highest BCUT2D eigenvalue weighted by Gasteiger charge is 2.67. The molecule has 0 amide bonds. The van der Waals surface area contributed by atoms with Crippen molar-refractivity contribution in [3.63, 3.8) is 0 Å². The second-order valence-electron chi connectivity index (χ2n) is 33.9. The van der Waals surface area contributed by atoms with Crippen LogP contribution in [0.25, 0.3) is 0 Å². The van der Waals surface area contributed by atoms with Crippen LogP contribution in [-0.4, -0.2) is 73.5 Å². The van der Waals surface area contributed by atoms with E-state index in [9.17, 15) is 44.5 Å². The Bertz CT molecular complexity index is 2940. The maximum Gasteiger partial charge on any atom is 0.185 e. The highest BCUT2D eigenvalue weighted by Crippen LogP contribution is 2.72. The van der Waals surface area contributed by atoms with Crippen molar-refractivity contribution in [2.24, 2.45) is 110 Å². The molecule has 0 spiro atoms. The van der Waals surface area contributed by atoms with Crippen LogP contribution in [0, 0.1) is 110 Å². The number of Topliss-reactive ketones (excluding diaryl/α,β-unsaturated/α-hetero) is 2. The Labute approximate surface area is 541 Å². The number of aliphatic hydroxyl groups excluding tert-OH is 1. The zero-order valence-electron chi connectivity index (χ0n) is 61.2. The van der Waals surface area contributed by atoms with Gasteiger partial charge in [0.1, 0.15) is 23.1 Å². The van der Waals surface area contributed by atoms with Crippen LogP contribution in [0.15, 0.2) is 58.3 Å². The summed E-state index contributed by atoms with van der Waals surface area (Å²) < 4.78 is 88.7. The van der Waals surface area contributed by atoms with Gasteiger partial charge in [-0.3, -0.25) is 9.59 Å². The van der Waals surface area contributed by atoms with Crippen molar-refractivity contribution >= 4 is 31.2 Å². The summed E-state index contributed by atoms with van der Waals surface area (Å²) in [5, 5.41) is 35.0. The standard InChI is InChI=1S/C39H62O4S.C38H60O5S/c1-9-30-34-23-25(2)19-21-39(34,8)33-20-22-38(7)31(17-18-32(38)35(33)36(30)41)26(3)11-10-12-28(40)24-44(42,43)29-15-13-27(14-16-29)37(4,5)6;1-8-29-33-22-26(39)18-20-38(33,7)32-19-21-37(6)30(16-17-31(37)34(32)35(29)41)24(2)10-9-11-27(40)23-44(42,43)28-14-12-25(13-15-28)36(3,4)5/h13-16,25-26,30-36,41H,9-12,17-24H2,1-8H3;12-15,24,26,29-35,39,41H,8-11,16-23H2,1-7H3/t25-,26-,30-,31-,32?,33?,34+,35?,36-,38-,39-;24-,26-,29-,30-,31?,32?,33+,34?,35-,37-,38-/m11/s1/i9D,36D;8D,35D/t9?,25-,26-,30-,31-,32?,33?,34+,35?,36-,38-,39-;8?,24-,26-,29-,30-,31?,32?,33+,34?,35-,37-,38-. The van der Waals surface area contributed by atoms with Gasteiger partial charge in [-0.25, -0.2) is 16.8 Å². The van der Waals surface area contributed by atoms with Crippen molar-refractivity contribution in [3.05, 3.63) is 59.7 Å². The lowest BCUT2D eigenvalue weighted by Gasteiger charge is -2.65. The van der Waals surface area contributed by atoms with Crippen molar-refractivity contribution in [2.75, 3.05) is 11.5 Å². The Hall–Kier alpha value is -2.44. The quantitative estimate of drug-likeness (QED) is 0.132. The maximum absolute atomic E-state index is 13.0. The van der Waals surface area contributed by atoms with E-state index in [1.807, 2.05) is 38.1 Å². The molecule has 8 fully saturated rings. The molecule has 2 aromatic carbocycles. The van der Waals surface area contributed by atoms with E-state index >= 15 is 0 Å². The lowest BCUT2D eigenvalue weighted by molar-refractivity contribution is -0.203. The first-order valence-corrected chi connectivity index (χ1v) is 38.4. The second-order valence-corrected chi connectivity index (χ2v) is 37.9. The summed E-state index contributed by atoms with van der Waals surface area (Å²) in [6.07, 6.45) is 12.8. The number of carbonyl (C=O) groups is 2. The molecular formula is C77H122O9S2. The molecule has 8 saturated carbocycles. The number of benzene rings is 2. The van der Waals surface area contributed by atoms with Crippen LogP contribution in [-0.2, 0) is 40.1 Å². The largest absolute Gasteiger partial charge is 0.393 e. The number of sulfone groups is 2. The van der Waals surface area contributed by atoms with E-state index in [4.69, 9.17) is 2.74 Å². The van der Waals surface area contributed by atoms with Crippen LogP contribution in [0.1, 0.15) is 262 Å². The maximum atomic E-state index is 13.0. The van der Waals surface area contributed by atoms with Gasteiger partial charge in [-0.05, 0) is 253 Å². The SMILES string of the molecule is [2H]C(C)[C@@H]1[C@@H]2C[C@H](C)CC[C@]2(C)C2CC[C@@]3(C)C(CC[C@@H]3[C@H](C)CCCC(=O)CS(=O)(=O)c3ccc(C(C)(C)C)cc3)C2[C@]1([2H])O.[2H]C(C)[C@@H]1[C@@H]2C[C@H](O)CC[C@]2(C)C2CC[C@@]3(C)C(CC[C@@H]3[C@H](C)CCCC(=O)CS(=O)(=O)c3ccc(C(C)(C)C)cc3)C2[C@]1([2H])O. The molecule has 24 atom stereocenters. The van der Waals surface area contributed by atoms with E-state index in [1.165, 1.54) is 6.42 Å². The fraction of sp³-hybridized carbons (Fsp3) is 0.818. The molecule has 8 aliphatic rings. The topological polar surface area (TPSA) is 163 Å². The Kier molecular flexibility index (Phi) is 19.3. The van der Waals surface area contributed by atoms with Crippen LogP contribution in [0.5, 0.6) is 0 Å². The van der Waals surface area contributed by atoms with E-state index in [2.05, 4.69) is 90.0 Å². The highest BCUT2D eigenvalue weighted by molar-refractivity contribution is 7.92. The molecule has 9 nitrogen and oxygen atoms in total. The van der Waals surface area contributed by atoms with E-state index in [1.54, 1.807) is 24.3 Å². The zero-order valence-corrected chi connectivity index (χ0v) is 58.8. The van der Waals surface area contributed by atoms with Crippen LogP contribution in [0.2, 0.25) is 0 Å². The summed E-state index contributed by atoms with van der Waals surface area (Å²) >= 11 is 0. The molecule has 0 radical (unpaired) electrons. The third kappa shape index (κ3) is 13.5. The monoisotopic (exact) mass is 1260 g/mol. The van der Waals surface area contributed by atoms with Gasteiger partial charge in [-0.1, -0.05) is 160 Å². The summed E-state index contributed by atoms with van der Waals surface area (Å²) in [7, 11) is -7.35. The second kappa shape index (κ2) is 26.4. The van der Waals surface area contributed by atoms with Crippen molar-refractivity contribution < 1.29 is 47.2 Å². The number of ketones is 2. The average Bonchev–Trinajstić information content (AvgIpc) is 1.16. The third-order valence-corrected chi connectivity index (χ3v) is 30.3. The molecule has 10 rings (SSSR count). The highest BCUT2D eigenvalue weighted by atomic mass is 32.2. The first-order valence-electron chi connectivity index (χ1n) is 37.3. The molecule has 8 aliphatic carbocycles. The van der Waals surface area contributed by atoms with Gasteiger partial charge < -0.3 is 15.3 Å². The van der Waals surface area contributed by atoms with Gasteiger partial charge in [0.2, 0.25) is 0 Å². The fourth-order valence-electron chi connectivity index (χ4n) is 21.8. The number of rotatable bonds is 18. The lowest BCUT2D eigenvalue weighted by Crippen LogP contribution is -2.62. The number of fused-ring (bicyclic) bond motifs is 10. The van der Waals surface area contributed by atoms with Gasteiger partial charge in [-0.2, -0.15) is 0 Å².